The highest BCUT2D eigenvalue weighted by molar-refractivity contribution is 7.11. The molecule has 78 valence electrons. The molecule has 0 fully saturated rings. The van der Waals surface area contributed by atoms with E-state index in [2.05, 4.69) is 4.98 Å². The molecule has 0 aliphatic carbocycles. The number of benzene rings is 1. The second-order valence-electron chi connectivity index (χ2n) is 3.13. The van der Waals surface area contributed by atoms with Crippen LogP contribution in [0.3, 0.4) is 0 Å². The summed E-state index contributed by atoms with van der Waals surface area (Å²) in [5, 5.41) is 10.3. The number of aryl methyl sites for hydroxylation is 1. The van der Waals surface area contributed by atoms with E-state index in [1.54, 1.807) is 29.5 Å². The van der Waals surface area contributed by atoms with Crippen molar-refractivity contribution in [2.75, 3.05) is 0 Å². The molecule has 0 saturated heterocycles. The topological polar surface area (TPSA) is 42.4 Å². The minimum Gasteiger partial charge on any atom is -0.508 e. The molecule has 0 saturated carbocycles. The molecule has 3 nitrogen and oxygen atoms in total. The molecule has 4 heteroatoms. The van der Waals surface area contributed by atoms with E-state index in [1.165, 1.54) is 0 Å². The smallest absolute Gasteiger partial charge is 0.124 e. The number of rotatable bonds is 3. The first-order chi connectivity index (χ1) is 7.24. The quantitative estimate of drug-likeness (QED) is 0.866. The van der Waals surface area contributed by atoms with E-state index in [0.29, 0.717) is 12.4 Å². The van der Waals surface area contributed by atoms with Crippen LogP contribution in [0.25, 0.3) is 0 Å². The van der Waals surface area contributed by atoms with Gasteiger partial charge in [0.25, 0.3) is 0 Å². The molecular weight excluding hydrogens is 210 g/mol. The van der Waals surface area contributed by atoms with Crippen molar-refractivity contribution in [2.45, 2.75) is 13.5 Å². The number of aromatic nitrogens is 1. The molecule has 0 aliphatic rings. The van der Waals surface area contributed by atoms with E-state index in [-0.39, 0.29) is 5.75 Å². The Balaban J connectivity index is 1.99. The van der Waals surface area contributed by atoms with Crippen LogP contribution in [0, 0.1) is 6.92 Å². The van der Waals surface area contributed by atoms with Gasteiger partial charge in [-0.2, -0.15) is 0 Å². The molecule has 2 aromatic rings. The molecule has 1 N–H and O–H groups in total. The molecule has 0 amide bonds. The van der Waals surface area contributed by atoms with E-state index < -0.39 is 0 Å². The summed E-state index contributed by atoms with van der Waals surface area (Å²) in [5.41, 5.74) is 0. The molecule has 15 heavy (non-hydrogen) atoms. The van der Waals surface area contributed by atoms with Crippen LogP contribution in [0.4, 0.5) is 0 Å². The van der Waals surface area contributed by atoms with Crippen molar-refractivity contribution in [3.05, 3.63) is 40.3 Å². The van der Waals surface area contributed by atoms with Crippen LogP contribution < -0.4 is 4.74 Å². The van der Waals surface area contributed by atoms with Crippen LogP contribution in [0.15, 0.2) is 30.5 Å². The first kappa shape index (κ1) is 9.98. The van der Waals surface area contributed by atoms with Crippen molar-refractivity contribution in [1.82, 2.24) is 4.98 Å². The zero-order valence-corrected chi connectivity index (χ0v) is 9.12. The maximum absolute atomic E-state index is 9.22. The first-order valence-electron chi connectivity index (χ1n) is 4.57. The molecule has 0 atom stereocenters. The second kappa shape index (κ2) is 4.31. The fraction of sp³-hybridized carbons (Fsp3) is 0.182. The molecular formula is C11H11NO2S. The third-order valence-electron chi connectivity index (χ3n) is 1.87. The van der Waals surface area contributed by atoms with Crippen LogP contribution in [-0.2, 0) is 6.61 Å². The number of hydrogen-bond donors (Lipinski definition) is 1. The lowest BCUT2D eigenvalue weighted by molar-refractivity contribution is 0.307. The number of thiazole rings is 1. The van der Waals surface area contributed by atoms with Crippen molar-refractivity contribution < 1.29 is 9.84 Å². The lowest BCUT2D eigenvalue weighted by Gasteiger charge is -2.03. The summed E-state index contributed by atoms with van der Waals surface area (Å²) in [6.45, 7) is 2.46. The van der Waals surface area contributed by atoms with Gasteiger partial charge in [0.05, 0.1) is 9.88 Å². The zero-order chi connectivity index (χ0) is 10.7. The summed E-state index contributed by atoms with van der Waals surface area (Å²) in [5.74, 6) is 0.883. The van der Waals surface area contributed by atoms with Crippen LogP contribution in [0.5, 0.6) is 11.5 Å². The average molecular weight is 221 g/mol. The van der Waals surface area contributed by atoms with Crippen LogP contribution in [-0.4, -0.2) is 10.1 Å². The highest BCUT2D eigenvalue weighted by atomic mass is 32.1. The minimum absolute atomic E-state index is 0.216. The summed E-state index contributed by atoms with van der Waals surface area (Å²) in [4.78, 5) is 5.22. The SMILES string of the molecule is Cc1ncc(COc2cccc(O)c2)s1. The van der Waals surface area contributed by atoms with Gasteiger partial charge in [0.2, 0.25) is 0 Å². The summed E-state index contributed by atoms with van der Waals surface area (Å²) in [6, 6.07) is 6.77. The van der Waals surface area contributed by atoms with Gasteiger partial charge in [0, 0.05) is 12.3 Å². The van der Waals surface area contributed by atoms with E-state index in [9.17, 15) is 5.11 Å². The minimum atomic E-state index is 0.216. The van der Waals surface area contributed by atoms with E-state index in [0.717, 1.165) is 9.88 Å². The normalized spacial score (nSPS) is 10.2. The molecule has 0 bridgehead atoms. The predicted octanol–water partition coefficient (Wildman–Crippen LogP) is 2.74. The van der Waals surface area contributed by atoms with Crippen molar-refractivity contribution in [1.29, 1.82) is 0 Å². The monoisotopic (exact) mass is 221 g/mol. The Hall–Kier alpha value is -1.55. The Bertz CT molecular complexity index is 453. The van der Waals surface area contributed by atoms with Crippen molar-refractivity contribution >= 4 is 11.3 Å². The Morgan fingerprint density at radius 3 is 3.00 bits per heavy atom. The molecule has 0 spiro atoms. The van der Waals surface area contributed by atoms with Crippen LogP contribution in [0.1, 0.15) is 9.88 Å². The second-order valence-corrected chi connectivity index (χ2v) is 4.45. The van der Waals surface area contributed by atoms with Crippen molar-refractivity contribution in [2.24, 2.45) is 0 Å². The predicted molar refractivity (Wildman–Crippen MR) is 59.3 cm³/mol. The van der Waals surface area contributed by atoms with Gasteiger partial charge >= 0.3 is 0 Å². The van der Waals surface area contributed by atoms with E-state index in [4.69, 9.17) is 4.74 Å². The summed E-state index contributed by atoms with van der Waals surface area (Å²) < 4.78 is 5.50. The van der Waals surface area contributed by atoms with Crippen molar-refractivity contribution in [3.8, 4) is 11.5 Å². The van der Waals surface area contributed by atoms with Gasteiger partial charge in [0.15, 0.2) is 0 Å². The Morgan fingerprint density at radius 2 is 2.33 bits per heavy atom. The van der Waals surface area contributed by atoms with Gasteiger partial charge in [-0.1, -0.05) is 6.07 Å². The molecule has 0 radical (unpaired) electrons. The van der Waals surface area contributed by atoms with Gasteiger partial charge in [-0.05, 0) is 19.1 Å². The van der Waals surface area contributed by atoms with E-state index >= 15 is 0 Å². The molecule has 1 aromatic carbocycles. The molecule has 1 heterocycles. The van der Waals surface area contributed by atoms with Crippen LogP contribution in [0.2, 0.25) is 0 Å². The van der Waals surface area contributed by atoms with Gasteiger partial charge in [-0.3, -0.25) is 0 Å². The number of phenols is 1. The Labute approximate surface area is 92.0 Å². The summed E-state index contributed by atoms with van der Waals surface area (Å²) >= 11 is 1.61. The highest BCUT2D eigenvalue weighted by Crippen LogP contribution is 2.20. The number of hydrogen-bond acceptors (Lipinski definition) is 4. The van der Waals surface area contributed by atoms with Crippen LogP contribution >= 0.6 is 11.3 Å². The highest BCUT2D eigenvalue weighted by Gasteiger charge is 2.00. The fourth-order valence-electron chi connectivity index (χ4n) is 1.20. The number of ether oxygens (including phenoxy) is 1. The number of phenolic OH excluding ortho intramolecular Hbond substituents is 1. The average Bonchev–Trinajstić information content (AvgIpc) is 2.62. The molecule has 1 aromatic heterocycles. The van der Waals surface area contributed by atoms with E-state index in [1.807, 2.05) is 19.2 Å². The first-order valence-corrected chi connectivity index (χ1v) is 5.39. The largest absolute Gasteiger partial charge is 0.508 e. The van der Waals surface area contributed by atoms with Gasteiger partial charge < -0.3 is 9.84 Å². The van der Waals surface area contributed by atoms with Gasteiger partial charge in [0.1, 0.15) is 18.1 Å². The zero-order valence-electron chi connectivity index (χ0n) is 8.30. The summed E-state index contributed by atoms with van der Waals surface area (Å²) in [7, 11) is 0. The lowest BCUT2D eigenvalue weighted by Crippen LogP contribution is -1.92. The third kappa shape index (κ3) is 2.70. The number of aromatic hydroxyl groups is 1. The standard InChI is InChI=1S/C11H11NO2S/c1-8-12-6-11(15-8)7-14-10-4-2-3-9(13)5-10/h2-6,13H,7H2,1H3. The third-order valence-corrected chi connectivity index (χ3v) is 2.75. The maximum atomic E-state index is 9.22. The lowest BCUT2D eigenvalue weighted by atomic mass is 10.3. The van der Waals surface area contributed by atoms with Gasteiger partial charge in [-0.25, -0.2) is 4.98 Å². The molecule has 0 aliphatic heterocycles. The maximum Gasteiger partial charge on any atom is 0.124 e. The Kier molecular flexibility index (Phi) is 2.87. The fourth-order valence-corrected chi connectivity index (χ4v) is 1.91. The van der Waals surface area contributed by atoms with Crippen molar-refractivity contribution in [3.63, 3.8) is 0 Å². The molecule has 2 rings (SSSR count). The Morgan fingerprint density at radius 1 is 1.47 bits per heavy atom. The van der Waals surface area contributed by atoms with Gasteiger partial charge in [-0.15, -0.1) is 11.3 Å². The molecule has 0 unspecified atom stereocenters. The summed E-state index contributed by atoms with van der Waals surface area (Å²) in [6.07, 6.45) is 1.81. The number of nitrogens with zero attached hydrogens (tertiary/aromatic N) is 1.